The lowest BCUT2D eigenvalue weighted by molar-refractivity contribution is 0.724. The third-order valence-electron chi connectivity index (χ3n) is 5.89. The quantitative estimate of drug-likeness (QED) is 0.682. The molecular weight excluding hydrogens is 376 g/mol. The van der Waals surface area contributed by atoms with E-state index in [0.29, 0.717) is 0 Å². The lowest BCUT2D eigenvalue weighted by Crippen LogP contribution is -2.29. The summed E-state index contributed by atoms with van der Waals surface area (Å²) in [6, 6.07) is 17.8. The number of nitrogens with one attached hydrogen (secondary N) is 1. The number of aryl methyl sites for hydroxylation is 1. The zero-order chi connectivity index (χ0) is 19.6. The van der Waals surface area contributed by atoms with Crippen LogP contribution in [0.4, 0.5) is 11.5 Å². The molecule has 5 rings (SSSR count). The lowest BCUT2D eigenvalue weighted by Gasteiger charge is -2.28. The average Bonchev–Trinajstić information content (AvgIpc) is 3.14. The third-order valence-corrected chi connectivity index (χ3v) is 6.98. The average molecular weight is 405 g/mol. The van der Waals surface area contributed by atoms with Gasteiger partial charge in [-0.2, -0.15) is 0 Å². The van der Waals surface area contributed by atoms with Crippen molar-refractivity contribution in [3.05, 3.63) is 59.7 Å². The number of anilines is 2. The predicted octanol–water partition coefficient (Wildman–Crippen LogP) is 4.46. The van der Waals surface area contributed by atoms with Gasteiger partial charge >= 0.3 is 0 Å². The molecule has 0 unspecified atom stereocenters. The molecule has 1 N–H and O–H groups in total. The van der Waals surface area contributed by atoms with E-state index >= 15 is 0 Å². The summed E-state index contributed by atoms with van der Waals surface area (Å²) in [5.74, 6) is 2.19. The lowest BCUT2D eigenvalue weighted by atomic mass is 10.1. The van der Waals surface area contributed by atoms with Crippen molar-refractivity contribution in [2.75, 3.05) is 48.3 Å². The summed E-state index contributed by atoms with van der Waals surface area (Å²) in [7, 11) is 0. The largest absolute Gasteiger partial charge is 0.370 e. The Morgan fingerprint density at radius 1 is 0.966 bits per heavy atom. The Hall–Kier alpha value is -2.24. The van der Waals surface area contributed by atoms with Crippen molar-refractivity contribution < 1.29 is 0 Å². The van der Waals surface area contributed by atoms with Gasteiger partial charge < -0.3 is 15.1 Å². The molecule has 2 aromatic carbocycles. The second kappa shape index (κ2) is 8.25. The highest BCUT2D eigenvalue weighted by atomic mass is 32.2. The first-order valence-electron chi connectivity index (χ1n) is 10.6. The highest BCUT2D eigenvalue weighted by Gasteiger charge is 2.20. The molecule has 3 heterocycles. The summed E-state index contributed by atoms with van der Waals surface area (Å²) >= 11 is 1.96. The molecule has 5 heteroatoms. The minimum absolute atomic E-state index is 0.925. The summed E-state index contributed by atoms with van der Waals surface area (Å²) in [6.45, 7) is 8.40. The van der Waals surface area contributed by atoms with Gasteiger partial charge in [0.05, 0.1) is 5.52 Å². The monoisotopic (exact) mass is 404 g/mol. The number of nitrogens with zero attached hydrogens (tertiary/aromatic N) is 3. The molecule has 2 aliphatic heterocycles. The van der Waals surface area contributed by atoms with Crippen LogP contribution in [0.15, 0.2) is 53.4 Å². The van der Waals surface area contributed by atoms with Crippen molar-refractivity contribution in [3.8, 4) is 0 Å². The van der Waals surface area contributed by atoms with E-state index in [0.717, 1.165) is 56.4 Å². The number of pyridine rings is 1. The van der Waals surface area contributed by atoms with Crippen molar-refractivity contribution in [1.82, 2.24) is 10.3 Å². The number of thioether (sulfide) groups is 1. The van der Waals surface area contributed by atoms with Gasteiger partial charge in [0, 0.05) is 60.5 Å². The van der Waals surface area contributed by atoms with Crippen LogP contribution in [0.1, 0.15) is 17.5 Å². The van der Waals surface area contributed by atoms with Crippen LogP contribution in [-0.2, 0) is 6.54 Å². The maximum Gasteiger partial charge on any atom is 0.131 e. The van der Waals surface area contributed by atoms with Gasteiger partial charge in [-0.05, 0) is 43.7 Å². The van der Waals surface area contributed by atoms with Gasteiger partial charge in [-0.3, -0.25) is 0 Å². The van der Waals surface area contributed by atoms with E-state index in [4.69, 9.17) is 4.98 Å². The molecule has 150 valence electrons. The number of hydrogen-bond acceptors (Lipinski definition) is 5. The van der Waals surface area contributed by atoms with E-state index in [1.54, 1.807) is 0 Å². The van der Waals surface area contributed by atoms with E-state index in [1.807, 2.05) is 11.8 Å². The van der Waals surface area contributed by atoms with Gasteiger partial charge in [0.2, 0.25) is 0 Å². The Bertz CT molecular complexity index is 1010. The fourth-order valence-electron chi connectivity index (χ4n) is 4.34. The fourth-order valence-corrected chi connectivity index (χ4v) is 5.36. The standard InChI is InChI=1S/C24H28N4S/c1-18-7-8-21-20(15-18)22(27-11-4-9-25-10-12-27)16-24(26-21)28-13-14-29-23-6-3-2-5-19(23)17-28/h2-3,5-8,15-16,25H,4,9-14,17H2,1H3. The fraction of sp³-hybridized carbons (Fsp3) is 0.375. The van der Waals surface area contributed by atoms with Crippen molar-refractivity contribution in [2.45, 2.75) is 24.8 Å². The SMILES string of the molecule is Cc1ccc2nc(N3CCSc4ccccc4C3)cc(N3CCCNCC3)c2c1. The molecule has 1 saturated heterocycles. The molecule has 0 amide bonds. The highest BCUT2D eigenvalue weighted by Crippen LogP contribution is 2.34. The van der Waals surface area contributed by atoms with E-state index in [9.17, 15) is 0 Å². The van der Waals surface area contributed by atoms with Gasteiger partial charge in [0.15, 0.2) is 0 Å². The van der Waals surface area contributed by atoms with Crippen LogP contribution in [0.2, 0.25) is 0 Å². The first-order valence-corrected chi connectivity index (χ1v) is 11.6. The summed E-state index contributed by atoms with van der Waals surface area (Å²) in [4.78, 5) is 11.5. The molecule has 2 aliphatic rings. The minimum atomic E-state index is 0.925. The first-order chi connectivity index (χ1) is 14.3. The van der Waals surface area contributed by atoms with Crippen molar-refractivity contribution in [1.29, 1.82) is 0 Å². The molecule has 1 fully saturated rings. The molecule has 0 saturated carbocycles. The Kier molecular flexibility index (Phi) is 5.34. The zero-order valence-corrected chi connectivity index (χ0v) is 17.8. The number of fused-ring (bicyclic) bond motifs is 2. The molecular formula is C24H28N4S. The minimum Gasteiger partial charge on any atom is -0.370 e. The van der Waals surface area contributed by atoms with E-state index in [2.05, 4.69) is 70.6 Å². The number of hydrogen-bond donors (Lipinski definition) is 1. The molecule has 0 bridgehead atoms. The van der Waals surface area contributed by atoms with Crippen LogP contribution in [0, 0.1) is 6.92 Å². The maximum atomic E-state index is 5.11. The van der Waals surface area contributed by atoms with Gasteiger partial charge in [-0.25, -0.2) is 4.98 Å². The summed E-state index contributed by atoms with van der Waals surface area (Å²) in [5, 5.41) is 4.81. The Labute approximate surface area is 177 Å². The summed E-state index contributed by atoms with van der Waals surface area (Å²) < 4.78 is 0. The van der Waals surface area contributed by atoms with Crippen molar-refractivity contribution >= 4 is 34.2 Å². The van der Waals surface area contributed by atoms with Crippen LogP contribution < -0.4 is 15.1 Å². The predicted molar refractivity (Wildman–Crippen MR) is 124 cm³/mol. The van der Waals surface area contributed by atoms with Gasteiger partial charge in [0.1, 0.15) is 5.82 Å². The molecule has 4 nitrogen and oxygen atoms in total. The molecule has 1 aromatic heterocycles. The second-order valence-electron chi connectivity index (χ2n) is 7.99. The summed E-state index contributed by atoms with van der Waals surface area (Å²) in [5.41, 5.74) is 5.13. The van der Waals surface area contributed by atoms with Gasteiger partial charge in [-0.15, -0.1) is 11.8 Å². The maximum absolute atomic E-state index is 5.11. The number of benzene rings is 2. The number of rotatable bonds is 2. The van der Waals surface area contributed by atoms with Crippen LogP contribution >= 0.6 is 11.8 Å². The third kappa shape index (κ3) is 3.94. The van der Waals surface area contributed by atoms with Crippen LogP contribution in [-0.4, -0.2) is 43.5 Å². The molecule has 0 aliphatic carbocycles. The van der Waals surface area contributed by atoms with E-state index in [-0.39, 0.29) is 0 Å². The Morgan fingerprint density at radius 3 is 2.86 bits per heavy atom. The van der Waals surface area contributed by atoms with Gasteiger partial charge in [0.25, 0.3) is 0 Å². The molecule has 0 spiro atoms. The number of aromatic nitrogens is 1. The first kappa shape index (κ1) is 18.8. The summed E-state index contributed by atoms with van der Waals surface area (Å²) in [6.07, 6.45) is 1.18. The van der Waals surface area contributed by atoms with E-state index in [1.165, 1.54) is 33.5 Å². The van der Waals surface area contributed by atoms with Crippen molar-refractivity contribution in [3.63, 3.8) is 0 Å². The molecule has 29 heavy (non-hydrogen) atoms. The smallest absolute Gasteiger partial charge is 0.131 e. The van der Waals surface area contributed by atoms with Crippen molar-refractivity contribution in [2.24, 2.45) is 0 Å². The van der Waals surface area contributed by atoms with Crippen LogP contribution in [0.25, 0.3) is 10.9 Å². The van der Waals surface area contributed by atoms with Crippen LogP contribution in [0.5, 0.6) is 0 Å². The zero-order valence-electron chi connectivity index (χ0n) is 17.0. The Balaban J connectivity index is 1.58. The van der Waals surface area contributed by atoms with Gasteiger partial charge in [-0.1, -0.05) is 29.8 Å². The second-order valence-corrected chi connectivity index (χ2v) is 9.13. The normalized spacial score (nSPS) is 17.7. The molecule has 0 radical (unpaired) electrons. The highest BCUT2D eigenvalue weighted by molar-refractivity contribution is 7.99. The molecule has 0 atom stereocenters. The van der Waals surface area contributed by atoms with E-state index < -0.39 is 0 Å². The van der Waals surface area contributed by atoms with Crippen LogP contribution in [0.3, 0.4) is 0 Å². The Morgan fingerprint density at radius 2 is 1.90 bits per heavy atom. The molecule has 3 aromatic rings. The topological polar surface area (TPSA) is 31.4 Å².